The van der Waals surface area contributed by atoms with Crippen LogP contribution in [0.2, 0.25) is 0 Å². The number of halogens is 1. The lowest BCUT2D eigenvalue weighted by Gasteiger charge is -2.38. The normalized spacial score (nSPS) is 36.5. The Labute approximate surface area is 180 Å². The summed E-state index contributed by atoms with van der Waals surface area (Å²) >= 11 is 0. The Hall–Kier alpha value is -2.50. The monoisotopic (exact) mass is 423 g/mol. The quantitative estimate of drug-likeness (QED) is 0.778. The number of nitrogens with zero attached hydrogens (tertiary/aromatic N) is 4. The van der Waals surface area contributed by atoms with Gasteiger partial charge in [-0.15, -0.1) is 0 Å². The summed E-state index contributed by atoms with van der Waals surface area (Å²) in [5.74, 6) is 0.168. The van der Waals surface area contributed by atoms with Gasteiger partial charge in [-0.25, -0.2) is 4.39 Å². The number of likely N-dealkylation sites (tertiary alicyclic amines) is 3. The number of hydrogen-bond donors (Lipinski definition) is 1. The predicted octanol–water partition coefficient (Wildman–Crippen LogP) is 0.938. The van der Waals surface area contributed by atoms with Crippen LogP contribution in [0.5, 0.6) is 0 Å². The van der Waals surface area contributed by atoms with Gasteiger partial charge >= 0.3 is 0 Å². The van der Waals surface area contributed by atoms with Crippen molar-refractivity contribution in [3.05, 3.63) is 35.1 Å². The molecule has 162 valence electrons. The van der Waals surface area contributed by atoms with E-state index in [1.54, 1.807) is 11.0 Å². The van der Waals surface area contributed by atoms with Crippen LogP contribution in [-0.4, -0.2) is 69.8 Å². The van der Waals surface area contributed by atoms with Gasteiger partial charge < -0.3 is 15.5 Å². The first-order chi connectivity index (χ1) is 15.0. The van der Waals surface area contributed by atoms with Gasteiger partial charge in [-0.2, -0.15) is 5.26 Å². The minimum atomic E-state index is -0.717. The maximum atomic E-state index is 13.6. The highest BCUT2D eigenvalue weighted by Gasteiger charge is 2.56. The Morgan fingerprint density at radius 1 is 1.29 bits per heavy atom. The Morgan fingerprint density at radius 3 is 2.90 bits per heavy atom. The standard InChI is InChI=1S/C23H26FN5O2/c24-14-2-3-17-12(5-14)1-4-19(17)29-16-8-21(23(29)31)27(10-16)11-18(26)22(30)28-15(9-25)6-13-7-20(13)28/h2-3,5,13,15-16,18-21H,1,4,6-8,10-11,26H2/t13-,15?,16+,18?,19?,20?,21?/m1/s1. The van der Waals surface area contributed by atoms with Gasteiger partial charge in [0.1, 0.15) is 11.9 Å². The van der Waals surface area contributed by atoms with Crippen molar-refractivity contribution < 1.29 is 14.0 Å². The molecule has 0 aromatic heterocycles. The van der Waals surface area contributed by atoms with Gasteiger partial charge in [0.25, 0.3) is 0 Å². The lowest BCUT2D eigenvalue weighted by Crippen LogP contribution is -2.57. The summed E-state index contributed by atoms with van der Waals surface area (Å²) in [5.41, 5.74) is 8.35. The minimum Gasteiger partial charge on any atom is -0.330 e. The SMILES string of the molecule is N#CC1C[C@@H]2CC2N1C(=O)C(N)CN1C[C@@H]2CC1C(=O)N2C1CCc2cc(F)ccc21. The molecule has 1 aromatic rings. The predicted molar refractivity (Wildman–Crippen MR) is 109 cm³/mol. The third-order valence-corrected chi connectivity index (χ3v) is 8.06. The Bertz CT molecular complexity index is 1010. The Balaban J connectivity index is 1.13. The zero-order chi connectivity index (χ0) is 21.4. The zero-order valence-electron chi connectivity index (χ0n) is 17.3. The number of aryl methyl sites for hydroxylation is 1. The van der Waals surface area contributed by atoms with Gasteiger partial charge in [0.05, 0.1) is 24.2 Å². The maximum Gasteiger partial charge on any atom is 0.242 e. The molecule has 5 aliphatic rings. The summed E-state index contributed by atoms with van der Waals surface area (Å²) in [6.45, 7) is 1.05. The topological polar surface area (TPSA) is 93.7 Å². The van der Waals surface area contributed by atoms with Crippen molar-refractivity contribution in [1.82, 2.24) is 14.7 Å². The molecular weight excluding hydrogens is 397 g/mol. The van der Waals surface area contributed by atoms with Crippen LogP contribution in [0.3, 0.4) is 0 Å². The van der Waals surface area contributed by atoms with E-state index in [1.807, 2.05) is 11.0 Å². The van der Waals surface area contributed by atoms with Gasteiger partial charge in [0.15, 0.2) is 0 Å². The molecule has 2 bridgehead atoms. The van der Waals surface area contributed by atoms with Crippen LogP contribution in [0.1, 0.15) is 42.9 Å². The fourth-order valence-electron chi connectivity index (χ4n) is 6.56. The molecule has 7 atom stereocenters. The molecule has 4 fully saturated rings. The maximum absolute atomic E-state index is 13.6. The van der Waals surface area contributed by atoms with E-state index in [4.69, 9.17) is 5.73 Å². The number of carbonyl (C=O) groups is 2. The first kappa shape index (κ1) is 19.2. The minimum absolute atomic E-state index is 0.0170. The second kappa shape index (κ2) is 6.75. The summed E-state index contributed by atoms with van der Waals surface area (Å²) < 4.78 is 13.6. The van der Waals surface area contributed by atoms with Gasteiger partial charge in [0, 0.05) is 25.2 Å². The van der Waals surface area contributed by atoms with Crippen LogP contribution in [-0.2, 0) is 16.0 Å². The largest absolute Gasteiger partial charge is 0.330 e. The molecule has 1 saturated carbocycles. The van der Waals surface area contributed by atoms with Crippen molar-refractivity contribution in [2.45, 2.75) is 68.4 Å². The highest BCUT2D eigenvalue weighted by molar-refractivity contribution is 5.87. The smallest absolute Gasteiger partial charge is 0.242 e. The van der Waals surface area contributed by atoms with E-state index >= 15 is 0 Å². The fraction of sp³-hybridized carbons (Fsp3) is 0.609. The van der Waals surface area contributed by atoms with Crippen LogP contribution in [0.4, 0.5) is 4.39 Å². The van der Waals surface area contributed by atoms with Crippen LogP contribution >= 0.6 is 0 Å². The second-order valence-corrected chi connectivity index (χ2v) is 9.80. The van der Waals surface area contributed by atoms with E-state index < -0.39 is 6.04 Å². The molecule has 0 spiro atoms. The average Bonchev–Trinajstić information content (AvgIpc) is 3.08. The number of nitriles is 1. The molecule has 8 heteroatoms. The highest BCUT2D eigenvalue weighted by Crippen LogP contribution is 2.48. The summed E-state index contributed by atoms with van der Waals surface area (Å²) in [6.07, 6.45) is 4.11. The number of nitrogens with two attached hydrogens (primary N) is 1. The summed E-state index contributed by atoms with van der Waals surface area (Å²) in [4.78, 5) is 31.9. The molecule has 2 aliphatic carbocycles. The van der Waals surface area contributed by atoms with Crippen molar-refractivity contribution in [3.63, 3.8) is 0 Å². The van der Waals surface area contributed by atoms with Crippen molar-refractivity contribution in [2.24, 2.45) is 11.7 Å². The molecule has 7 nitrogen and oxygen atoms in total. The number of fused-ring (bicyclic) bond motifs is 4. The van der Waals surface area contributed by atoms with Crippen molar-refractivity contribution >= 4 is 11.8 Å². The molecule has 0 radical (unpaired) electrons. The first-order valence-electron chi connectivity index (χ1n) is 11.3. The van der Waals surface area contributed by atoms with Crippen molar-refractivity contribution in [3.8, 4) is 6.07 Å². The van der Waals surface area contributed by atoms with Crippen molar-refractivity contribution in [2.75, 3.05) is 13.1 Å². The number of benzene rings is 1. The average molecular weight is 423 g/mol. The third-order valence-electron chi connectivity index (χ3n) is 8.06. The molecule has 31 heavy (non-hydrogen) atoms. The number of hydrogen-bond acceptors (Lipinski definition) is 5. The Kier molecular flexibility index (Phi) is 4.18. The molecule has 3 saturated heterocycles. The van der Waals surface area contributed by atoms with Gasteiger partial charge in [-0.3, -0.25) is 14.5 Å². The number of piperidine rings is 1. The molecular formula is C23H26FN5O2. The van der Waals surface area contributed by atoms with E-state index in [9.17, 15) is 19.2 Å². The summed E-state index contributed by atoms with van der Waals surface area (Å²) in [7, 11) is 0. The molecule has 6 rings (SSSR count). The van der Waals surface area contributed by atoms with Crippen LogP contribution in [0.15, 0.2) is 18.2 Å². The van der Waals surface area contributed by atoms with E-state index in [0.29, 0.717) is 19.0 Å². The summed E-state index contributed by atoms with van der Waals surface area (Å²) in [5, 5.41) is 9.36. The van der Waals surface area contributed by atoms with E-state index in [2.05, 4.69) is 11.0 Å². The number of carbonyl (C=O) groups excluding carboxylic acids is 2. The summed E-state index contributed by atoms with van der Waals surface area (Å²) in [6, 6.07) is 6.11. The van der Waals surface area contributed by atoms with Gasteiger partial charge in [-0.05, 0) is 61.3 Å². The lowest BCUT2D eigenvalue weighted by molar-refractivity contribution is -0.141. The van der Waals surface area contributed by atoms with Gasteiger partial charge in [-0.1, -0.05) is 6.07 Å². The lowest BCUT2D eigenvalue weighted by atomic mass is 10.1. The molecule has 2 amide bonds. The number of rotatable bonds is 4. The van der Waals surface area contributed by atoms with Crippen LogP contribution in [0.25, 0.3) is 0 Å². The van der Waals surface area contributed by atoms with Gasteiger partial charge in [0.2, 0.25) is 11.8 Å². The Morgan fingerprint density at radius 2 is 2.13 bits per heavy atom. The molecule has 5 unspecified atom stereocenters. The van der Waals surface area contributed by atoms with E-state index in [0.717, 1.165) is 43.2 Å². The van der Waals surface area contributed by atoms with Crippen molar-refractivity contribution in [1.29, 1.82) is 5.26 Å². The fourth-order valence-corrected chi connectivity index (χ4v) is 6.56. The molecule has 3 heterocycles. The van der Waals surface area contributed by atoms with E-state index in [1.165, 1.54) is 6.07 Å². The number of piperazine rings is 1. The third kappa shape index (κ3) is 2.83. The molecule has 3 aliphatic heterocycles. The van der Waals surface area contributed by atoms with Crippen LogP contribution in [0, 0.1) is 23.1 Å². The molecule has 2 N–H and O–H groups in total. The second-order valence-electron chi connectivity index (χ2n) is 9.80. The zero-order valence-corrected chi connectivity index (χ0v) is 17.3. The number of amides is 2. The van der Waals surface area contributed by atoms with E-state index in [-0.39, 0.29) is 47.8 Å². The first-order valence-corrected chi connectivity index (χ1v) is 11.3. The highest BCUT2D eigenvalue weighted by atomic mass is 19.1. The van der Waals surface area contributed by atoms with Crippen LogP contribution < -0.4 is 5.73 Å². The molecule has 1 aromatic carbocycles.